The molecule has 0 spiro atoms. The smallest absolute Gasteiger partial charge is 0.330 e. The van der Waals surface area contributed by atoms with E-state index in [0.717, 1.165) is 0 Å². The summed E-state index contributed by atoms with van der Waals surface area (Å²) >= 11 is 9.38. The van der Waals surface area contributed by atoms with Crippen LogP contribution in [0.25, 0.3) is 0 Å². The number of aliphatic carboxylic acids is 1. The summed E-state index contributed by atoms with van der Waals surface area (Å²) in [5, 5.41) is 29.3. The summed E-state index contributed by atoms with van der Waals surface area (Å²) in [7, 11) is 0. The van der Waals surface area contributed by atoms with Crippen molar-refractivity contribution in [2.24, 2.45) is 5.73 Å². The van der Waals surface area contributed by atoms with E-state index in [2.05, 4.69) is 21.2 Å². The first kappa shape index (κ1) is 20.0. The molecule has 2 aromatic rings. The third-order valence-electron chi connectivity index (χ3n) is 3.44. The molecule has 2 rings (SSSR count). The number of halogens is 2. The molecule has 6 N–H and O–H groups in total. The molecule has 0 saturated carbocycles. The second-order valence-corrected chi connectivity index (χ2v) is 6.58. The average Bonchev–Trinajstić information content (AvgIpc) is 2.58. The summed E-state index contributed by atoms with van der Waals surface area (Å²) in [5.41, 5.74) is 6.77. The molecule has 138 valence electrons. The van der Waals surface area contributed by atoms with Crippen LogP contribution in [0.2, 0.25) is 5.02 Å². The lowest BCUT2D eigenvalue weighted by Crippen LogP contribution is -2.22. The van der Waals surface area contributed by atoms with Crippen molar-refractivity contribution in [3.63, 3.8) is 0 Å². The molecule has 1 atom stereocenters. The number of hydrogen-bond acceptors (Lipinski definition) is 5. The van der Waals surface area contributed by atoms with Crippen LogP contribution in [0.1, 0.15) is 17.2 Å². The number of nitrogens with one attached hydrogen (secondary N) is 2. The maximum atomic E-state index is 11.8. The minimum Gasteiger partial charge on any atom is -0.490 e. The SMILES string of the molecule is N=C(N)c1ccc(NC(C(=O)O)c2cc(Cl)cc(Br)c2OCCO)cc1. The van der Waals surface area contributed by atoms with Gasteiger partial charge in [0.15, 0.2) is 6.04 Å². The van der Waals surface area contributed by atoms with E-state index in [4.69, 9.17) is 32.6 Å². The zero-order valence-electron chi connectivity index (χ0n) is 13.5. The van der Waals surface area contributed by atoms with E-state index >= 15 is 0 Å². The van der Waals surface area contributed by atoms with Crippen molar-refractivity contribution in [2.75, 3.05) is 18.5 Å². The van der Waals surface area contributed by atoms with Crippen LogP contribution in [0, 0.1) is 5.41 Å². The normalized spacial score (nSPS) is 11.7. The number of aliphatic hydroxyl groups excluding tert-OH is 1. The summed E-state index contributed by atoms with van der Waals surface area (Å²) in [5.74, 6) is -0.933. The van der Waals surface area contributed by atoms with Gasteiger partial charge < -0.3 is 26.0 Å². The molecule has 0 aliphatic rings. The van der Waals surface area contributed by atoms with Crippen molar-refractivity contribution in [3.8, 4) is 5.75 Å². The van der Waals surface area contributed by atoms with Crippen LogP contribution in [0.15, 0.2) is 40.9 Å². The van der Waals surface area contributed by atoms with Crippen molar-refractivity contribution < 1.29 is 19.7 Å². The van der Waals surface area contributed by atoms with Gasteiger partial charge in [-0.1, -0.05) is 11.6 Å². The van der Waals surface area contributed by atoms with Crippen molar-refractivity contribution in [3.05, 3.63) is 57.0 Å². The fraction of sp³-hybridized carbons (Fsp3) is 0.176. The number of anilines is 1. The Morgan fingerprint density at radius 1 is 1.35 bits per heavy atom. The van der Waals surface area contributed by atoms with Gasteiger partial charge in [-0.15, -0.1) is 0 Å². The topological polar surface area (TPSA) is 129 Å². The molecule has 0 fully saturated rings. The Morgan fingerprint density at radius 3 is 2.54 bits per heavy atom. The first-order valence-electron chi connectivity index (χ1n) is 7.50. The minimum absolute atomic E-state index is 0.00683. The van der Waals surface area contributed by atoms with E-state index in [-0.39, 0.29) is 24.8 Å². The maximum absolute atomic E-state index is 11.8. The van der Waals surface area contributed by atoms with Crippen LogP contribution in [0.5, 0.6) is 5.75 Å². The molecular weight excluding hydrogens is 426 g/mol. The number of hydrogen-bond donors (Lipinski definition) is 5. The highest BCUT2D eigenvalue weighted by Crippen LogP contribution is 2.37. The van der Waals surface area contributed by atoms with Gasteiger partial charge in [-0.2, -0.15) is 0 Å². The maximum Gasteiger partial charge on any atom is 0.330 e. The highest BCUT2D eigenvalue weighted by molar-refractivity contribution is 9.10. The van der Waals surface area contributed by atoms with E-state index in [1.165, 1.54) is 6.07 Å². The Balaban J connectivity index is 2.40. The molecule has 0 amide bonds. The molecule has 0 aliphatic heterocycles. The van der Waals surface area contributed by atoms with E-state index in [0.29, 0.717) is 26.3 Å². The number of benzene rings is 2. The lowest BCUT2D eigenvalue weighted by Gasteiger charge is -2.21. The third-order valence-corrected chi connectivity index (χ3v) is 4.25. The van der Waals surface area contributed by atoms with Crippen LogP contribution < -0.4 is 15.8 Å². The lowest BCUT2D eigenvalue weighted by atomic mass is 10.0. The van der Waals surface area contributed by atoms with Gasteiger partial charge in [-0.05, 0) is 52.3 Å². The third kappa shape index (κ3) is 4.87. The first-order chi connectivity index (χ1) is 12.3. The van der Waals surface area contributed by atoms with Gasteiger partial charge >= 0.3 is 5.97 Å². The predicted octanol–water partition coefficient (Wildman–Crippen LogP) is 3.00. The Hall–Kier alpha value is -2.29. The number of carboxylic acid groups (broad SMARTS) is 1. The van der Waals surface area contributed by atoms with Gasteiger partial charge in [0.05, 0.1) is 11.1 Å². The summed E-state index contributed by atoms with van der Waals surface area (Å²) in [6, 6.07) is 8.40. The highest BCUT2D eigenvalue weighted by Gasteiger charge is 2.26. The summed E-state index contributed by atoms with van der Waals surface area (Å²) < 4.78 is 5.97. The molecule has 0 heterocycles. The van der Waals surface area contributed by atoms with Crippen molar-refractivity contribution in [1.82, 2.24) is 0 Å². The summed E-state index contributed by atoms with van der Waals surface area (Å²) in [6.07, 6.45) is 0. The Kier molecular flexibility index (Phi) is 6.84. The van der Waals surface area contributed by atoms with Crippen LogP contribution >= 0.6 is 27.5 Å². The van der Waals surface area contributed by atoms with E-state index in [9.17, 15) is 9.90 Å². The number of amidine groups is 1. The number of aliphatic hydroxyl groups is 1. The number of carbonyl (C=O) groups is 1. The monoisotopic (exact) mass is 441 g/mol. The standard InChI is InChI=1S/C17H17BrClN3O4/c18-13-8-10(19)7-12(15(13)26-6-5-23)14(17(24)25)22-11-3-1-9(2-4-11)16(20)21/h1-4,7-8,14,22-23H,5-6H2,(H3,20,21)(H,24,25). The molecule has 26 heavy (non-hydrogen) atoms. The molecule has 0 bridgehead atoms. The minimum atomic E-state index is -1.15. The van der Waals surface area contributed by atoms with E-state index in [1.807, 2.05) is 0 Å². The van der Waals surface area contributed by atoms with E-state index < -0.39 is 12.0 Å². The van der Waals surface area contributed by atoms with Crippen LogP contribution in [-0.2, 0) is 4.79 Å². The van der Waals surface area contributed by atoms with Crippen molar-refractivity contribution >= 4 is 45.0 Å². The fourth-order valence-corrected chi connectivity index (χ4v) is 3.23. The molecular formula is C17H17BrClN3O4. The molecule has 1 unspecified atom stereocenters. The average molecular weight is 443 g/mol. The largest absolute Gasteiger partial charge is 0.490 e. The van der Waals surface area contributed by atoms with Crippen LogP contribution in [0.4, 0.5) is 5.69 Å². The van der Waals surface area contributed by atoms with Gasteiger partial charge in [0.2, 0.25) is 0 Å². The lowest BCUT2D eigenvalue weighted by molar-refractivity contribution is -0.138. The van der Waals surface area contributed by atoms with Crippen LogP contribution in [0.3, 0.4) is 0 Å². The molecule has 0 aromatic heterocycles. The Labute approximate surface area is 163 Å². The number of nitrogens with two attached hydrogens (primary N) is 1. The second kappa shape index (κ2) is 8.88. The van der Waals surface area contributed by atoms with Gasteiger partial charge in [0, 0.05) is 21.8 Å². The quantitative estimate of drug-likeness (QED) is 0.316. The fourth-order valence-electron chi connectivity index (χ4n) is 2.28. The molecule has 0 aliphatic carbocycles. The summed E-state index contributed by atoms with van der Waals surface area (Å²) in [4.78, 5) is 11.8. The molecule has 0 radical (unpaired) electrons. The van der Waals surface area contributed by atoms with Gasteiger partial charge in [0.25, 0.3) is 0 Å². The molecule has 9 heteroatoms. The summed E-state index contributed by atoms with van der Waals surface area (Å²) in [6.45, 7) is -0.209. The number of rotatable bonds is 8. The number of ether oxygens (including phenoxy) is 1. The van der Waals surface area contributed by atoms with Gasteiger partial charge in [-0.3, -0.25) is 5.41 Å². The number of nitrogen functional groups attached to an aromatic ring is 1. The van der Waals surface area contributed by atoms with Gasteiger partial charge in [0.1, 0.15) is 18.2 Å². The van der Waals surface area contributed by atoms with Gasteiger partial charge in [-0.25, -0.2) is 4.79 Å². The zero-order valence-corrected chi connectivity index (χ0v) is 15.8. The van der Waals surface area contributed by atoms with Crippen molar-refractivity contribution in [1.29, 1.82) is 5.41 Å². The molecule has 7 nitrogen and oxygen atoms in total. The second-order valence-electron chi connectivity index (χ2n) is 5.28. The zero-order chi connectivity index (χ0) is 19.3. The van der Waals surface area contributed by atoms with Crippen LogP contribution in [-0.4, -0.2) is 35.2 Å². The molecule has 2 aromatic carbocycles. The Morgan fingerprint density at radius 2 is 2.00 bits per heavy atom. The molecule has 0 saturated heterocycles. The van der Waals surface area contributed by atoms with E-state index in [1.54, 1.807) is 30.3 Å². The predicted molar refractivity (Wildman–Crippen MR) is 103 cm³/mol. The Bertz CT molecular complexity index is 814. The number of carboxylic acids is 1. The highest BCUT2D eigenvalue weighted by atomic mass is 79.9. The van der Waals surface area contributed by atoms with Crippen molar-refractivity contribution in [2.45, 2.75) is 6.04 Å². The first-order valence-corrected chi connectivity index (χ1v) is 8.67.